The number of benzene rings is 2. The first-order chi connectivity index (χ1) is 7.33. The maximum absolute atomic E-state index is 13.4. The van der Waals surface area contributed by atoms with Crippen LogP contribution in [-0.2, 0) is 6.61 Å². The summed E-state index contributed by atoms with van der Waals surface area (Å²) in [7, 11) is 0. The normalized spacial score (nSPS) is 10.3. The number of hydrogen-bond acceptors (Lipinski definition) is 1. The lowest BCUT2D eigenvalue weighted by atomic mass is 10.00. The molecule has 0 aromatic heterocycles. The molecule has 2 aromatic carbocycles. The van der Waals surface area contributed by atoms with Gasteiger partial charge in [-0.3, -0.25) is 0 Å². The first kappa shape index (κ1) is 9.87. The zero-order chi connectivity index (χ0) is 10.7. The van der Waals surface area contributed by atoms with Gasteiger partial charge >= 0.3 is 0 Å². The Kier molecular flexibility index (Phi) is 2.79. The van der Waals surface area contributed by atoms with E-state index in [1.807, 2.05) is 36.4 Å². The summed E-state index contributed by atoms with van der Waals surface area (Å²) < 4.78 is 13.4. The Bertz CT molecular complexity index is 451. The lowest BCUT2D eigenvalue weighted by molar-refractivity contribution is 0.276. The van der Waals surface area contributed by atoms with Crippen LogP contribution in [0, 0.1) is 5.82 Å². The van der Waals surface area contributed by atoms with Gasteiger partial charge < -0.3 is 5.11 Å². The second-order valence-electron chi connectivity index (χ2n) is 3.29. The van der Waals surface area contributed by atoms with Crippen LogP contribution in [0.1, 0.15) is 5.56 Å². The Hall–Kier alpha value is -1.67. The summed E-state index contributed by atoms with van der Waals surface area (Å²) in [6, 6.07) is 14.3. The summed E-state index contributed by atoms with van der Waals surface area (Å²) in [5, 5.41) is 9.12. The third kappa shape index (κ3) is 1.90. The van der Waals surface area contributed by atoms with E-state index < -0.39 is 0 Å². The Morgan fingerprint density at radius 1 is 0.933 bits per heavy atom. The van der Waals surface area contributed by atoms with Crippen molar-refractivity contribution < 1.29 is 9.50 Å². The van der Waals surface area contributed by atoms with E-state index in [4.69, 9.17) is 5.11 Å². The van der Waals surface area contributed by atoms with Crippen LogP contribution in [0.5, 0.6) is 0 Å². The molecule has 0 aliphatic heterocycles. The molecular weight excluding hydrogens is 191 g/mol. The van der Waals surface area contributed by atoms with Crippen LogP contribution in [0.15, 0.2) is 48.5 Å². The molecule has 0 aliphatic rings. The van der Waals surface area contributed by atoms with E-state index in [0.717, 1.165) is 11.1 Å². The van der Waals surface area contributed by atoms with Crippen LogP contribution >= 0.6 is 0 Å². The second kappa shape index (κ2) is 4.24. The van der Waals surface area contributed by atoms with Crippen LogP contribution in [0.3, 0.4) is 0 Å². The van der Waals surface area contributed by atoms with Crippen LogP contribution in [0.4, 0.5) is 4.39 Å². The molecule has 0 unspecified atom stereocenters. The molecule has 0 radical (unpaired) electrons. The van der Waals surface area contributed by atoms with Crippen LogP contribution < -0.4 is 0 Å². The second-order valence-corrected chi connectivity index (χ2v) is 3.29. The fourth-order valence-corrected chi connectivity index (χ4v) is 1.61. The predicted molar refractivity (Wildman–Crippen MR) is 57.8 cm³/mol. The molecule has 2 rings (SSSR count). The van der Waals surface area contributed by atoms with Crippen molar-refractivity contribution in [1.29, 1.82) is 0 Å². The predicted octanol–water partition coefficient (Wildman–Crippen LogP) is 2.99. The molecule has 0 saturated heterocycles. The third-order valence-corrected chi connectivity index (χ3v) is 2.36. The summed E-state index contributed by atoms with van der Waals surface area (Å²) in [5.74, 6) is -0.362. The summed E-state index contributed by atoms with van der Waals surface area (Å²) >= 11 is 0. The number of halogens is 1. The van der Waals surface area contributed by atoms with Crippen molar-refractivity contribution in [2.75, 3.05) is 0 Å². The summed E-state index contributed by atoms with van der Waals surface area (Å²) in [5.41, 5.74) is 2.02. The smallest absolute Gasteiger partial charge is 0.129 e. The van der Waals surface area contributed by atoms with E-state index in [2.05, 4.69) is 0 Å². The number of aliphatic hydroxyl groups is 1. The highest BCUT2D eigenvalue weighted by Crippen LogP contribution is 2.25. The summed E-state index contributed by atoms with van der Waals surface area (Å²) in [6.45, 7) is -0.281. The van der Waals surface area contributed by atoms with Gasteiger partial charge in [-0.05, 0) is 17.2 Å². The highest BCUT2D eigenvalue weighted by atomic mass is 19.1. The molecule has 15 heavy (non-hydrogen) atoms. The molecular formula is C13H11FO. The minimum absolute atomic E-state index is 0.281. The van der Waals surface area contributed by atoms with E-state index in [9.17, 15) is 4.39 Å². The van der Waals surface area contributed by atoms with Crippen LogP contribution in [0.2, 0.25) is 0 Å². The number of hydrogen-bond donors (Lipinski definition) is 1. The molecule has 1 nitrogen and oxygen atoms in total. The topological polar surface area (TPSA) is 20.2 Å². The molecule has 0 aliphatic carbocycles. The van der Waals surface area contributed by atoms with Gasteiger partial charge in [0.05, 0.1) is 6.61 Å². The maximum atomic E-state index is 13.4. The van der Waals surface area contributed by atoms with E-state index in [-0.39, 0.29) is 12.4 Å². The lowest BCUT2D eigenvalue weighted by Gasteiger charge is -2.08. The Balaban J connectivity index is 2.58. The average molecular weight is 202 g/mol. The number of aliphatic hydroxyl groups excluding tert-OH is 1. The van der Waals surface area contributed by atoms with Gasteiger partial charge in [-0.25, -0.2) is 4.39 Å². The van der Waals surface area contributed by atoms with Crippen molar-refractivity contribution in [2.24, 2.45) is 0 Å². The van der Waals surface area contributed by atoms with Crippen LogP contribution in [0.25, 0.3) is 11.1 Å². The first-order valence-electron chi connectivity index (χ1n) is 4.76. The minimum atomic E-state index is -0.362. The molecule has 0 amide bonds. The van der Waals surface area contributed by atoms with Crippen molar-refractivity contribution in [3.63, 3.8) is 0 Å². The van der Waals surface area contributed by atoms with Crippen molar-refractivity contribution in [1.82, 2.24) is 0 Å². The van der Waals surface area contributed by atoms with Crippen molar-refractivity contribution in [2.45, 2.75) is 6.61 Å². The van der Waals surface area contributed by atoms with Gasteiger partial charge in [0.15, 0.2) is 0 Å². The van der Waals surface area contributed by atoms with Gasteiger partial charge in [0.25, 0.3) is 0 Å². The van der Waals surface area contributed by atoms with E-state index >= 15 is 0 Å². The lowest BCUT2D eigenvalue weighted by Crippen LogP contribution is -1.93. The molecule has 0 bridgehead atoms. The van der Waals surface area contributed by atoms with Crippen molar-refractivity contribution in [3.8, 4) is 11.1 Å². The molecule has 76 valence electrons. The molecule has 0 fully saturated rings. The van der Waals surface area contributed by atoms with Crippen LogP contribution in [-0.4, -0.2) is 5.11 Å². The number of rotatable bonds is 2. The summed E-state index contributed by atoms with van der Waals surface area (Å²) in [4.78, 5) is 0. The molecule has 2 aromatic rings. The zero-order valence-corrected chi connectivity index (χ0v) is 8.15. The van der Waals surface area contributed by atoms with Gasteiger partial charge in [-0.1, -0.05) is 42.5 Å². The fraction of sp³-hybridized carbons (Fsp3) is 0.0769. The van der Waals surface area contributed by atoms with Gasteiger partial charge in [0.2, 0.25) is 0 Å². The maximum Gasteiger partial charge on any atom is 0.129 e. The molecule has 0 atom stereocenters. The van der Waals surface area contributed by atoms with Crippen molar-refractivity contribution >= 4 is 0 Å². The SMILES string of the molecule is OCc1c(F)cccc1-c1ccccc1. The summed E-state index contributed by atoms with van der Waals surface area (Å²) in [6.07, 6.45) is 0. The minimum Gasteiger partial charge on any atom is -0.392 e. The van der Waals surface area contributed by atoms with Gasteiger partial charge in [-0.2, -0.15) is 0 Å². The third-order valence-electron chi connectivity index (χ3n) is 2.36. The van der Waals surface area contributed by atoms with E-state index in [1.165, 1.54) is 6.07 Å². The zero-order valence-electron chi connectivity index (χ0n) is 8.15. The quantitative estimate of drug-likeness (QED) is 0.793. The Labute approximate surface area is 87.8 Å². The molecule has 1 N–H and O–H groups in total. The fourth-order valence-electron chi connectivity index (χ4n) is 1.61. The van der Waals surface area contributed by atoms with Crippen molar-refractivity contribution in [3.05, 3.63) is 59.9 Å². The highest BCUT2D eigenvalue weighted by molar-refractivity contribution is 5.67. The standard InChI is InChI=1S/C13H11FO/c14-13-8-4-7-11(12(13)9-15)10-5-2-1-3-6-10/h1-8,15H,9H2. The Morgan fingerprint density at radius 3 is 2.33 bits per heavy atom. The monoisotopic (exact) mass is 202 g/mol. The van der Waals surface area contributed by atoms with E-state index in [1.54, 1.807) is 6.07 Å². The Morgan fingerprint density at radius 2 is 1.67 bits per heavy atom. The molecule has 0 spiro atoms. The molecule has 0 heterocycles. The van der Waals surface area contributed by atoms with E-state index in [0.29, 0.717) is 5.56 Å². The van der Waals surface area contributed by atoms with Gasteiger partial charge in [0, 0.05) is 5.56 Å². The molecule has 0 saturated carbocycles. The van der Waals surface area contributed by atoms with Gasteiger partial charge in [-0.15, -0.1) is 0 Å². The first-order valence-corrected chi connectivity index (χ1v) is 4.76. The largest absolute Gasteiger partial charge is 0.392 e. The average Bonchev–Trinajstić information content (AvgIpc) is 2.30. The highest BCUT2D eigenvalue weighted by Gasteiger charge is 2.08. The van der Waals surface area contributed by atoms with Gasteiger partial charge in [0.1, 0.15) is 5.82 Å². The molecule has 2 heteroatoms.